The molecule has 1 heterocycles. The summed E-state index contributed by atoms with van der Waals surface area (Å²) < 4.78 is 0. The van der Waals surface area contributed by atoms with E-state index in [0.29, 0.717) is 0 Å². The number of carboxylic acid groups (broad SMARTS) is 1. The van der Waals surface area contributed by atoms with Crippen LogP contribution < -0.4 is 5.32 Å². The molecular formula is C14H20N2O3S. The first-order chi connectivity index (χ1) is 9.49. The predicted octanol–water partition coefficient (Wildman–Crippen LogP) is 1.72. The van der Waals surface area contributed by atoms with Crippen LogP contribution in [0.15, 0.2) is 12.1 Å². The Morgan fingerprint density at radius 1 is 1.45 bits per heavy atom. The average molecular weight is 296 g/mol. The molecule has 2 rings (SSSR count). The van der Waals surface area contributed by atoms with Crippen LogP contribution in [0.2, 0.25) is 0 Å². The van der Waals surface area contributed by atoms with Gasteiger partial charge >= 0.3 is 5.97 Å². The molecule has 0 aliphatic heterocycles. The largest absolute Gasteiger partial charge is 0.480 e. The fraction of sp³-hybridized carbons (Fsp3) is 0.571. The summed E-state index contributed by atoms with van der Waals surface area (Å²) in [7, 11) is 0. The zero-order valence-electron chi connectivity index (χ0n) is 11.8. The molecule has 1 aliphatic rings. The Morgan fingerprint density at radius 2 is 2.15 bits per heavy atom. The molecule has 2 N–H and O–H groups in total. The highest BCUT2D eigenvalue weighted by Crippen LogP contribution is 2.26. The molecule has 1 saturated carbocycles. The van der Waals surface area contributed by atoms with Gasteiger partial charge in [-0.3, -0.25) is 14.5 Å². The second-order valence-electron chi connectivity index (χ2n) is 5.16. The van der Waals surface area contributed by atoms with Crippen molar-refractivity contribution in [2.45, 2.75) is 38.8 Å². The lowest BCUT2D eigenvalue weighted by molar-refractivity contribution is -0.139. The molecule has 0 spiro atoms. The number of thiophene rings is 1. The van der Waals surface area contributed by atoms with E-state index in [4.69, 9.17) is 5.11 Å². The SMILES string of the molecule is CCN(CC(=O)O)C1CC(NC(=O)c2ccc(C)s2)C1. The first-order valence-electron chi connectivity index (χ1n) is 6.82. The minimum absolute atomic E-state index is 0.0205. The van der Waals surface area contributed by atoms with E-state index in [1.807, 2.05) is 30.9 Å². The fourth-order valence-corrected chi connectivity index (χ4v) is 3.26. The minimum Gasteiger partial charge on any atom is -0.480 e. The summed E-state index contributed by atoms with van der Waals surface area (Å²) in [5, 5.41) is 11.8. The molecule has 0 bridgehead atoms. The minimum atomic E-state index is -0.798. The van der Waals surface area contributed by atoms with Crippen LogP contribution >= 0.6 is 11.3 Å². The van der Waals surface area contributed by atoms with Crippen molar-refractivity contribution in [1.29, 1.82) is 0 Å². The first-order valence-corrected chi connectivity index (χ1v) is 7.64. The van der Waals surface area contributed by atoms with E-state index in [9.17, 15) is 9.59 Å². The molecular weight excluding hydrogens is 276 g/mol. The third-order valence-electron chi connectivity index (χ3n) is 3.67. The van der Waals surface area contributed by atoms with E-state index < -0.39 is 5.97 Å². The quantitative estimate of drug-likeness (QED) is 0.838. The number of rotatable bonds is 6. The van der Waals surface area contributed by atoms with Crippen LogP contribution in [-0.4, -0.2) is 47.1 Å². The maximum absolute atomic E-state index is 12.0. The summed E-state index contributed by atoms with van der Waals surface area (Å²) >= 11 is 1.49. The fourth-order valence-electron chi connectivity index (χ4n) is 2.49. The summed E-state index contributed by atoms with van der Waals surface area (Å²) in [6, 6.07) is 4.22. The van der Waals surface area contributed by atoms with Gasteiger partial charge in [-0.2, -0.15) is 0 Å². The first kappa shape index (κ1) is 15.0. The van der Waals surface area contributed by atoms with Crippen LogP contribution in [0.3, 0.4) is 0 Å². The van der Waals surface area contributed by atoms with Gasteiger partial charge in [-0.25, -0.2) is 0 Å². The molecule has 5 nitrogen and oxygen atoms in total. The van der Waals surface area contributed by atoms with E-state index in [-0.39, 0.29) is 24.5 Å². The average Bonchev–Trinajstić information content (AvgIpc) is 2.77. The highest BCUT2D eigenvalue weighted by molar-refractivity contribution is 7.13. The maximum atomic E-state index is 12.0. The Balaban J connectivity index is 1.78. The van der Waals surface area contributed by atoms with E-state index in [0.717, 1.165) is 29.1 Å². The monoisotopic (exact) mass is 296 g/mol. The van der Waals surface area contributed by atoms with Gasteiger partial charge in [0.25, 0.3) is 5.91 Å². The Hall–Kier alpha value is -1.40. The van der Waals surface area contributed by atoms with Gasteiger partial charge in [0.05, 0.1) is 11.4 Å². The standard InChI is InChI=1S/C14H20N2O3S/c1-3-16(8-13(17)18)11-6-10(7-11)15-14(19)12-5-4-9(2)20-12/h4-5,10-11H,3,6-8H2,1-2H3,(H,15,19)(H,17,18). The van der Waals surface area contributed by atoms with Crippen molar-refractivity contribution in [1.82, 2.24) is 10.2 Å². The number of hydrogen-bond acceptors (Lipinski definition) is 4. The van der Waals surface area contributed by atoms with E-state index in [1.54, 1.807) is 0 Å². The van der Waals surface area contributed by atoms with Gasteiger partial charge in [-0.15, -0.1) is 11.3 Å². The second-order valence-corrected chi connectivity index (χ2v) is 6.45. The molecule has 0 aromatic carbocycles. The molecule has 0 saturated heterocycles. The van der Waals surface area contributed by atoms with Crippen LogP contribution in [0.25, 0.3) is 0 Å². The number of carboxylic acids is 1. The molecule has 0 unspecified atom stereocenters. The summed E-state index contributed by atoms with van der Waals surface area (Å²) in [4.78, 5) is 26.5. The van der Waals surface area contributed by atoms with Crippen molar-refractivity contribution in [2.24, 2.45) is 0 Å². The number of likely N-dealkylation sites (N-methyl/N-ethyl adjacent to an activating group) is 1. The van der Waals surface area contributed by atoms with Crippen LogP contribution in [0.5, 0.6) is 0 Å². The molecule has 20 heavy (non-hydrogen) atoms. The topological polar surface area (TPSA) is 69.6 Å². The van der Waals surface area contributed by atoms with Crippen molar-refractivity contribution in [3.63, 3.8) is 0 Å². The third-order valence-corrected chi connectivity index (χ3v) is 4.67. The van der Waals surface area contributed by atoms with Crippen LogP contribution in [0.1, 0.15) is 34.3 Å². The number of nitrogens with zero attached hydrogens (tertiary/aromatic N) is 1. The number of hydrogen-bond donors (Lipinski definition) is 2. The number of carbonyl (C=O) groups is 2. The zero-order chi connectivity index (χ0) is 14.7. The van der Waals surface area contributed by atoms with E-state index >= 15 is 0 Å². The van der Waals surface area contributed by atoms with Crippen LogP contribution in [0, 0.1) is 6.92 Å². The van der Waals surface area contributed by atoms with Crippen molar-refractivity contribution < 1.29 is 14.7 Å². The lowest BCUT2D eigenvalue weighted by atomic mass is 9.85. The molecule has 1 amide bonds. The number of aliphatic carboxylic acids is 1. The van der Waals surface area contributed by atoms with E-state index in [2.05, 4.69) is 5.32 Å². The van der Waals surface area contributed by atoms with Gasteiger partial charge in [0.1, 0.15) is 0 Å². The molecule has 1 fully saturated rings. The Bertz CT molecular complexity index is 494. The van der Waals surface area contributed by atoms with Crippen molar-refractivity contribution >= 4 is 23.2 Å². The third kappa shape index (κ3) is 3.58. The summed E-state index contributed by atoms with van der Waals surface area (Å²) in [6.07, 6.45) is 1.66. The van der Waals surface area contributed by atoms with Crippen LogP contribution in [-0.2, 0) is 4.79 Å². The van der Waals surface area contributed by atoms with E-state index in [1.165, 1.54) is 11.3 Å². The molecule has 6 heteroatoms. The number of nitrogens with one attached hydrogen (secondary N) is 1. The summed E-state index contributed by atoms with van der Waals surface area (Å²) in [6.45, 7) is 4.74. The number of carbonyl (C=O) groups excluding carboxylic acids is 1. The Kier molecular flexibility index (Phi) is 4.77. The smallest absolute Gasteiger partial charge is 0.317 e. The lowest BCUT2D eigenvalue weighted by Gasteiger charge is -2.42. The lowest BCUT2D eigenvalue weighted by Crippen LogP contribution is -2.54. The molecule has 110 valence electrons. The second kappa shape index (κ2) is 6.37. The normalized spacial score (nSPS) is 21.6. The maximum Gasteiger partial charge on any atom is 0.317 e. The van der Waals surface area contributed by atoms with Gasteiger partial charge < -0.3 is 10.4 Å². The zero-order valence-corrected chi connectivity index (χ0v) is 12.6. The number of aryl methyl sites for hydroxylation is 1. The van der Waals surface area contributed by atoms with Gasteiger partial charge in [0.15, 0.2) is 0 Å². The summed E-state index contributed by atoms with van der Waals surface area (Å²) in [5.41, 5.74) is 0. The number of amides is 1. The van der Waals surface area contributed by atoms with Crippen LogP contribution in [0.4, 0.5) is 0 Å². The molecule has 1 aromatic heterocycles. The van der Waals surface area contributed by atoms with Crippen molar-refractivity contribution in [3.8, 4) is 0 Å². The molecule has 0 atom stereocenters. The molecule has 0 radical (unpaired) electrons. The summed E-state index contributed by atoms with van der Waals surface area (Å²) in [5.74, 6) is -0.818. The van der Waals surface area contributed by atoms with Gasteiger partial charge in [0, 0.05) is 17.0 Å². The molecule has 1 aliphatic carbocycles. The molecule has 1 aromatic rings. The highest BCUT2D eigenvalue weighted by atomic mass is 32.1. The van der Waals surface area contributed by atoms with Gasteiger partial charge in [-0.1, -0.05) is 6.92 Å². The van der Waals surface area contributed by atoms with Gasteiger partial charge in [-0.05, 0) is 38.4 Å². The van der Waals surface area contributed by atoms with Crippen molar-refractivity contribution in [2.75, 3.05) is 13.1 Å². The van der Waals surface area contributed by atoms with Crippen molar-refractivity contribution in [3.05, 3.63) is 21.9 Å². The Morgan fingerprint density at radius 3 is 2.65 bits per heavy atom. The highest BCUT2D eigenvalue weighted by Gasteiger charge is 2.34. The van der Waals surface area contributed by atoms with Gasteiger partial charge in [0.2, 0.25) is 0 Å². The predicted molar refractivity (Wildman–Crippen MR) is 78.2 cm³/mol. The Labute approximate surface area is 122 Å².